The van der Waals surface area contributed by atoms with Crippen LogP contribution in [0.3, 0.4) is 0 Å². The Balaban J connectivity index is -0.000000385. The summed E-state index contributed by atoms with van der Waals surface area (Å²) < 4.78 is 14.2. The maximum absolute atomic E-state index is 11.1. The third kappa shape index (κ3) is 29.2. The van der Waals surface area contributed by atoms with Crippen LogP contribution in [0.25, 0.3) is 0 Å². The van der Waals surface area contributed by atoms with Crippen LogP contribution >= 0.6 is 0 Å². The molecule has 34 heavy (non-hydrogen) atoms. The van der Waals surface area contributed by atoms with E-state index in [4.69, 9.17) is 9.47 Å². The highest BCUT2D eigenvalue weighted by atomic mass is 16.5. The van der Waals surface area contributed by atoms with E-state index in [2.05, 4.69) is 10.1 Å². The van der Waals surface area contributed by atoms with Crippen molar-refractivity contribution in [3.8, 4) is 0 Å². The summed E-state index contributed by atoms with van der Waals surface area (Å²) >= 11 is 0. The minimum Gasteiger partial charge on any atom is -0.382 e. The normalized spacial score (nSPS) is 11.2. The molecule has 1 aromatic carbocycles. The summed E-state index contributed by atoms with van der Waals surface area (Å²) in [6.45, 7) is 8.38. The Hall–Kier alpha value is -2.75. The van der Waals surface area contributed by atoms with Gasteiger partial charge in [-0.2, -0.15) is 0 Å². The molecule has 194 valence electrons. The van der Waals surface area contributed by atoms with Crippen LogP contribution in [0.15, 0.2) is 30.3 Å². The molecule has 0 radical (unpaired) electrons. The molecule has 0 spiro atoms. The number of hydrogen-bond donors (Lipinski definition) is 1. The second kappa shape index (κ2) is 32.4. The summed E-state index contributed by atoms with van der Waals surface area (Å²) in [4.78, 5) is 50.4. The van der Waals surface area contributed by atoms with Crippen molar-refractivity contribution in [3.63, 3.8) is 0 Å². The highest BCUT2D eigenvalue weighted by Crippen LogP contribution is 1.98. The molecule has 1 fully saturated rings. The van der Waals surface area contributed by atoms with Crippen LogP contribution < -0.4 is 5.32 Å². The molecule has 0 bridgehead atoms. The molecule has 0 unspecified atom stereocenters. The topological polar surface area (TPSA) is 125 Å². The lowest BCUT2D eigenvalue weighted by Gasteiger charge is -2.07. The number of amides is 1. The van der Waals surface area contributed by atoms with Crippen LogP contribution in [0.5, 0.6) is 0 Å². The molecule has 2 rings (SSSR count). The van der Waals surface area contributed by atoms with Gasteiger partial charge in [0.2, 0.25) is 0 Å². The van der Waals surface area contributed by atoms with E-state index in [0.717, 1.165) is 38.4 Å². The van der Waals surface area contributed by atoms with Crippen molar-refractivity contribution in [1.29, 1.82) is 0 Å². The lowest BCUT2D eigenvalue weighted by molar-refractivity contribution is -0.127. The number of aldehydes is 3. The molecule has 0 saturated carbocycles. The smallest absolute Gasteiger partial charge is 0.251 e. The van der Waals surface area contributed by atoms with Crippen LogP contribution in [0.1, 0.15) is 56.8 Å². The van der Waals surface area contributed by atoms with Gasteiger partial charge in [0.15, 0.2) is 5.78 Å². The lowest BCUT2D eigenvalue weighted by atomic mass is 10.2. The van der Waals surface area contributed by atoms with Crippen molar-refractivity contribution in [2.45, 2.75) is 46.5 Å². The van der Waals surface area contributed by atoms with E-state index in [1.54, 1.807) is 31.4 Å². The molecule has 1 heterocycles. The van der Waals surface area contributed by atoms with Crippen LogP contribution in [-0.2, 0) is 33.4 Å². The summed E-state index contributed by atoms with van der Waals surface area (Å²) in [5.41, 5.74) is 0.569. The predicted octanol–water partition coefficient (Wildman–Crippen LogP) is 2.84. The van der Waals surface area contributed by atoms with E-state index in [1.165, 1.54) is 0 Å². The molecule has 0 aliphatic carbocycles. The first-order valence-corrected chi connectivity index (χ1v) is 11.4. The maximum atomic E-state index is 11.1. The third-order valence-electron chi connectivity index (χ3n) is 3.41. The number of nitrogens with one attached hydrogen (secondary N) is 1. The van der Waals surface area contributed by atoms with Crippen molar-refractivity contribution < 1.29 is 38.2 Å². The SMILES string of the molecule is CC.CCCC=O.COCCOCC=O.O=C1CCCOC1.O=CCNC(=O)c1ccccc1. The number of carbonyl (C=O) groups excluding carboxylic acids is 5. The summed E-state index contributed by atoms with van der Waals surface area (Å²) in [6, 6.07) is 8.77. The Morgan fingerprint density at radius 3 is 2.12 bits per heavy atom. The summed E-state index contributed by atoms with van der Waals surface area (Å²) in [6.07, 6.45) is 5.62. The van der Waals surface area contributed by atoms with Gasteiger partial charge in [-0.15, -0.1) is 0 Å². The Bertz CT molecular complexity index is 600. The van der Waals surface area contributed by atoms with Crippen LogP contribution in [-0.4, -0.2) is 77.2 Å². The van der Waals surface area contributed by atoms with Gasteiger partial charge in [-0.05, 0) is 25.0 Å². The minimum atomic E-state index is -0.220. The van der Waals surface area contributed by atoms with Gasteiger partial charge in [0.1, 0.15) is 32.1 Å². The Kier molecular flexibility index (Phi) is 34.2. The van der Waals surface area contributed by atoms with E-state index >= 15 is 0 Å². The van der Waals surface area contributed by atoms with Gasteiger partial charge in [0.25, 0.3) is 5.91 Å². The molecule has 0 atom stereocenters. The van der Waals surface area contributed by atoms with Gasteiger partial charge in [0, 0.05) is 32.1 Å². The largest absolute Gasteiger partial charge is 0.382 e. The van der Waals surface area contributed by atoms with E-state index in [1.807, 2.05) is 26.8 Å². The molecule has 1 amide bonds. The number of ketones is 1. The number of carbonyl (C=O) groups is 5. The van der Waals surface area contributed by atoms with Crippen LogP contribution in [0, 0.1) is 0 Å². The molecule has 1 N–H and O–H groups in total. The first-order valence-electron chi connectivity index (χ1n) is 11.4. The lowest BCUT2D eigenvalue weighted by Crippen LogP contribution is -2.24. The fourth-order valence-corrected chi connectivity index (χ4v) is 1.85. The first-order chi connectivity index (χ1) is 16.6. The molecule has 9 nitrogen and oxygen atoms in total. The van der Waals surface area contributed by atoms with Crippen molar-refractivity contribution >= 4 is 30.5 Å². The van der Waals surface area contributed by atoms with Gasteiger partial charge < -0.3 is 33.9 Å². The number of unbranched alkanes of at least 4 members (excludes halogenated alkanes) is 1. The second-order valence-electron chi connectivity index (χ2n) is 6.13. The Labute approximate surface area is 203 Å². The first kappa shape index (κ1) is 35.8. The molecular formula is C25H41NO8. The minimum absolute atomic E-state index is 0.0632. The zero-order chi connectivity index (χ0) is 26.3. The number of methoxy groups -OCH3 is 1. The van der Waals surface area contributed by atoms with E-state index < -0.39 is 0 Å². The fraction of sp³-hybridized carbons (Fsp3) is 0.560. The highest BCUT2D eigenvalue weighted by molar-refractivity contribution is 5.94. The zero-order valence-electron chi connectivity index (χ0n) is 21.0. The average molecular weight is 484 g/mol. The van der Waals surface area contributed by atoms with Gasteiger partial charge in [0.05, 0.1) is 19.8 Å². The standard InChI is InChI=1S/C9H9NO2.C5H10O3.C5H8O2.C4H8O.C2H6/c11-7-6-10-9(12)8-4-2-1-3-5-8;1-7-4-5-8-3-2-6;6-5-2-1-3-7-4-5;1-2-3-4-5;1-2/h1-5,7H,6H2,(H,10,12);2H,3-5H2,1H3;1-4H2;4H,2-3H2,1H3;1-2H3. The highest BCUT2D eigenvalue weighted by Gasteiger charge is 2.06. The Morgan fingerprint density at radius 2 is 1.74 bits per heavy atom. The molecule has 1 saturated heterocycles. The molecule has 1 aromatic rings. The zero-order valence-corrected chi connectivity index (χ0v) is 21.0. The number of rotatable bonds is 10. The number of ether oxygens (including phenoxy) is 3. The van der Waals surface area contributed by atoms with E-state index in [-0.39, 0.29) is 24.8 Å². The summed E-state index contributed by atoms with van der Waals surface area (Å²) in [5, 5.41) is 2.44. The quantitative estimate of drug-likeness (QED) is 0.398. The third-order valence-corrected chi connectivity index (χ3v) is 3.41. The summed E-state index contributed by atoms with van der Waals surface area (Å²) in [7, 11) is 1.59. The molecule has 0 aromatic heterocycles. The Morgan fingerprint density at radius 1 is 1.06 bits per heavy atom. The van der Waals surface area contributed by atoms with Gasteiger partial charge in [-0.25, -0.2) is 0 Å². The van der Waals surface area contributed by atoms with Gasteiger partial charge >= 0.3 is 0 Å². The molecule has 1 aliphatic rings. The molecular weight excluding hydrogens is 442 g/mol. The van der Waals surface area contributed by atoms with Crippen molar-refractivity contribution in [1.82, 2.24) is 5.32 Å². The van der Waals surface area contributed by atoms with Gasteiger partial charge in [-0.1, -0.05) is 39.0 Å². The second-order valence-corrected chi connectivity index (χ2v) is 6.13. The van der Waals surface area contributed by atoms with Crippen LogP contribution in [0.4, 0.5) is 0 Å². The molecule has 9 heteroatoms. The number of hydrogen-bond acceptors (Lipinski definition) is 8. The van der Waals surface area contributed by atoms with Gasteiger partial charge in [-0.3, -0.25) is 9.59 Å². The van der Waals surface area contributed by atoms with Crippen molar-refractivity contribution in [2.75, 3.05) is 46.7 Å². The maximum Gasteiger partial charge on any atom is 0.251 e. The molecule has 1 aliphatic heterocycles. The van der Waals surface area contributed by atoms with Crippen molar-refractivity contribution in [3.05, 3.63) is 35.9 Å². The van der Waals surface area contributed by atoms with Crippen molar-refractivity contribution in [2.24, 2.45) is 0 Å². The average Bonchev–Trinajstić information content (AvgIpc) is 2.89. The van der Waals surface area contributed by atoms with E-state index in [9.17, 15) is 24.0 Å². The van der Waals surface area contributed by atoms with Crippen LogP contribution in [0.2, 0.25) is 0 Å². The predicted molar refractivity (Wildman–Crippen MR) is 131 cm³/mol. The number of Topliss-reactive ketones (excluding diaryl/α,β-unsaturated/α-hetero) is 1. The monoisotopic (exact) mass is 483 g/mol. The van der Waals surface area contributed by atoms with E-state index in [0.29, 0.717) is 38.1 Å². The number of benzene rings is 1. The fourth-order valence-electron chi connectivity index (χ4n) is 1.85. The summed E-state index contributed by atoms with van der Waals surface area (Å²) in [5.74, 6) is 0.0222.